The predicted octanol–water partition coefficient (Wildman–Crippen LogP) is 1.19. The molecule has 0 saturated carbocycles. The van der Waals surface area contributed by atoms with Gasteiger partial charge in [-0.05, 0) is 11.5 Å². The molecule has 2 aliphatic rings. The fourth-order valence-electron chi connectivity index (χ4n) is 1.70. The highest BCUT2D eigenvalue weighted by Gasteiger charge is 2.30. The topological polar surface area (TPSA) is 41.1 Å². The van der Waals surface area contributed by atoms with E-state index in [-0.39, 0.29) is 18.1 Å². The van der Waals surface area contributed by atoms with Crippen LogP contribution in [0.25, 0.3) is 0 Å². The second-order valence-corrected chi connectivity index (χ2v) is 3.85. The molecule has 1 fully saturated rings. The third-order valence-electron chi connectivity index (χ3n) is 2.52. The van der Waals surface area contributed by atoms with Crippen molar-refractivity contribution in [2.24, 2.45) is 5.92 Å². The summed E-state index contributed by atoms with van der Waals surface area (Å²) in [6.45, 7) is 4.31. The molecule has 0 radical (unpaired) electrons. The van der Waals surface area contributed by atoms with Gasteiger partial charge < -0.3 is 10.6 Å². The molecule has 1 aliphatic carbocycles. The van der Waals surface area contributed by atoms with Crippen molar-refractivity contribution in [2.45, 2.75) is 25.9 Å². The maximum Gasteiger partial charge on any atom is 0.315 e. The van der Waals surface area contributed by atoms with Crippen molar-refractivity contribution in [3.8, 4) is 0 Å². The molecule has 0 aromatic heterocycles. The number of allylic oxidation sites excluding steroid dienone is 2. The summed E-state index contributed by atoms with van der Waals surface area (Å²) in [7, 11) is 0. The van der Waals surface area contributed by atoms with Crippen LogP contribution in [0.4, 0.5) is 4.79 Å². The Morgan fingerprint density at radius 1 is 1.31 bits per heavy atom. The first-order chi connectivity index (χ1) is 6.16. The van der Waals surface area contributed by atoms with E-state index in [0.717, 1.165) is 0 Å². The van der Waals surface area contributed by atoms with Crippen molar-refractivity contribution in [3.63, 3.8) is 0 Å². The molecular weight excluding hydrogens is 164 g/mol. The van der Waals surface area contributed by atoms with Gasteiger partial charge >= 0.3 is 6.03 Å². The lowest BCUT2D eigenvalue weighted by atomic mass is 9.93. The second-order valence-electron chi connectivity index (χ2n) is 3.85. The Balaban J connectivity index is 2.18. The zero-order valence-corrected chi connectivity index (χ0v) is 7.87. The summed E-state index contributed by atoms with van der Waals surface area (Å²) in [5, 5.41) is 5.70. The number of amides is 2. The molecular formula is C10H14N2O. The number of hydrogen-bond donors (Lipinski definition) is 2. The van der Waals surface area contributed by atoms with Crippen LogP contribution in [0.15, 0.2) is 23.8 Å². The molecule has 3 heteroatoms. The van der Waals surface area contributed by atoms with Crippen molar-refractivity contribution in [1.82, 2.24) is 10.6 Å². The van der Waals surface area contributed by atoms with Crippen LogP contribution in [0.3, 0.4) is 0 Å². The van der Waals surface area contributed by atoms with Gasteiger partial charge in [-0.2, -0.15) is 0 Å². The zero-order valence-electron chi connectivity index (χ0n) is 7.87. The minimum atomic E-state index is -0.0686. The zero-order chi connectivity index (χ0) is 9.42. The monoisotopic (exact) mass is 178 g/mol. The van der Waals surface area contributed by atoms with Gasteiger partial charge in [-0.25, -0.2) is 4.79 Å². The number of carbonyl (C=O) groups is 1. The average molecular weight is 178 g/mol. The molecule has 1 saturated heterocycles. The first kappa shape index (κ1) is 8.35. The number of fused-ring (bicyclic) bond motifs is 1. The van der Waals surface area contributed by atoms with Crippen LogP contribution in [0, 0.1) is 5.92 Å². The van der Waals surface area contributed by atoms with Crippen LogP contribution < -0.4 is 10.6 Å². The summed E-state index contributed by atoms with van der Waals surface area (Å²) < 4.78 is 0. The van der Waals surface area contributed by atoms with E-state index >= 15 is 0 Å². The minimum absolute atomic E-state index is 0.0686. The van der Waals surface area contributed by atoms with E-state index < -0.39 is 0 Å². The third-order valence-corrected chi connectivity index (χ3v) is 2.52. The Labute approximate surface area is 77.9 Å². The number of hydrogen-bond acceptors (Lipinski definition) is 1. The summed E-state index contributed by atoms with van der Waals surface area (Å²) >= 11 is 0. The van der Waals surface area contributed by atoms with Gasteiger partial charge in [0.05, 0.1) is 12.1 Å². The molecule has 0 aromatic carbocycles. The van der Waals surface area contributed by atoms with Crippen LogP contribution in [0.1, 0.15) is 13.8 Å². The molecule has 2 atom stereocenters. The van der Waals surface area contributed by atoms with Crippen LogP contribution in [-0.2, 0) is 0 Å². The molecule has 2 N–H and O–H groups in total. The third kappa shape index (κ3) is 1.46. The van der Waals surface area contributed by atoms with E-state index in [9.17, 15) is 4.79 Å². The molecule has 0 aromatic rings. The highest BCUT2D eigenvalue weighted by atomic mass is 16.2. The Kier molecular flexibility index (Phi) is 1.87. The molecule has 1 heterocycles. The maximum absolute atomic E-state index is 11.0. The molecule has 70 valence electrons. The Bertz CT molecular complexity index is 291. The summed E-state index contributed by atoms with van der Waals surface area (Å²) in [6, 6.07) is 0.228. The first-order valence-corrected chi connectivity index (χ1v) is 4.64. The normalized spacial score (nSPS) is 31.0. The number of carbonyl (C=O) groups excluding carboxylic acids is 1. The highest BCUT2D eigenvalue weighted by Crippen LogP contribution is 2.20. The van der Waals surface area contributed by atoms with Gasteiger partial charge in [0.15, 0.2) is 0 Å². The van der Waals surface area contributed by atoms with Gasteiger partial charge in [0.2, 0.25) is 0 Å². The largest absolute Gasteiger partial charge is 0.330 e. The molecule has 0 spiro atoms. The highest BCUT2D eigenvalue weighted by molar-refractivity contribution is 5.78. The van der Waals surface area contributed by atoms with Gasteiger partial charge in [0.1, 0.15) is 0 Å². The summed E-state index contributed by atoms with van der Waals surface area (Å²) in [4.78, 5) is 11.0. The molecule has 2 amide bonds. The predicted molar refractivity (Wildman–Crippen MR) is 51.3 cm³/mol. The fourth-order valence-corrected chi connectivity index (χ4v) is 1.70. The molecule has 2 rings (SSSR count). The van der Waals surface area contributed by atoms with Gasteiger partial charge in [-0.3, -0.25) is 0 Å². The lowest BCUT2D eigenvalue weighted by Crippen LogP contribution is -2.32. The number of rotatable bonds is 1. The summed E-state index contributed by atoms with van der Waals surface area (Å²) in [5.41, 5.74) is 1.30. The smallest absolute Gasteiger partial charge is 0.315 e. The number of nitrogens with one attached hydrogen (secondary N) is 2. The van der Waals surface area contributed by atoms with E-state index in [0.29, 0.717) is 5.92 Å². The fraction of sp³-hybridized carbons (Fsp3) is 0.500. The van der Waals surface area contributed by atoms with Crippen molar-refractivity contribution >= 4 is 6.03 Å². The van der Waals surface area contributed by atoms with Gasteiger partial charge in [0.25, 0.3) is 0 Å². The minimum Gasteiger partial charge on any atom is -0.330 e. The standard InChI is InChI=1S/C10H14N2O/c1-6(2)7-3-4-8-9(5-7)12-10(13)11-8/h3-6,8-9H,1-2H3,(H2,11,12,13). The molecule has 13 heavy (non-hydrogen) atoms. The van der Waals surface area contributed by atoms with E-state index in [4.69, 9.17) is 0 Å². The van der Waals surface area contributed by atoms with Crippen LogP contribution in [0.5, 0.6) is 0 Å². The van der Waals surface area contributed by atoms with E-state index in [1.54, 1.807) is 0 Å². The van der Waals surface area contributed by atoms with Crippen molar-refractivity contribution < 1.29 is 4.79 Å². The Morgan fingerprint density at radius 3 is 2.69 bits per heavy atom. The Hall–Kier alpha value is -1.25. The molecule has 2 unspecified atom stereocenters. The van der Waals surface area contributed by atoms with Crippen LogP contribution in [-0.4, -0.2) is 18.1 Å². The maximum atomic E-state index is 11.0. The number of urea groups is 1. The summed E-state index contributed by atoms with van der Waals surface area (Å²) in [5.74, 6) is 0.523. The van der Waals surface area contributed by atoms with Crippen LogP contribution in [0.2, 0.25) is 0 Å². The van der Waals surface area contributed by atoms with E-state index in [2.05, 4.69) is 42.7 Å². The summed E-state index contributed by atoms with van der Waals surface area (Å²) in [6.07, 6.45) is 6.28. The average Bonchev–Trinajstić information content (AvgIpc) is 2.42. The van der Waals surface area contributed by atoms with Crippen LogP contribution >= 0.6 is 0 Å². The lowest BCUT2D eigenvalue weighted by molar-refractivity contribution is 0.247. The van der Waals surface area contributed by atoms with Crippen molar-refractivity contribution in [2.75, 3.05) is 0 Å². The SMILES string of the molecule is CC(C)C1=CC2NC(=O)NC2C=C1. The first-order valence-electron chi connectivity index (χ1n) is 4.64. The van der Waals surface area contributed by atoms with Gasteiger partial charge in [-0.1, -0.05) is 32.1 Å². The quantitative estimate of drug-likeness (QED) is 0.622. The molecule has 0 bridgehead atoms. The molecule has 1 aliphatic heterocycles. The molecule has 3 nitrogen and oxygen atoms in total. The second kappa shape index (κ2) is 2.91. The van der Waals surface area contributed by atoms with Gasteiger partial charge in [0, 0.05) is 0 Å². The van der Waals surface area contributed by atoms with Crippen molar-refractivity contribution in [3.05, 3.63) is 23.8 Å². The Morgan fingerprint density at radius 2 is 2.00 bits per heavy atom. The van der Waals surface area contributed by atoms with Gasteiger partial charge in [-0.15, -0.1) is 0 Å². The van der Waals surface area contributed by atoms with E-state index in [1.165, 1.54) is 5.57 Å². The van der Waals surface area contributed by atoms with Crippen molar-refractivity contribution in [1.29, 1.82) is 0 Å². The van der Waals surface area contributed by atoms with E-state index in [1.807, 2.05) is 0 Å². The lowest BCUT2D eigenvalue weighted by Gasteiger charge is -2.19.